The van der Waals surface area contributed by atoms with Gasteiger partial charge in [-0.1, -0.05) is 0 Å². The lowest BCUT2D eigenvalue weighted by Gasteiger charge is -2.31. The van der Waals surface area contributed by atoms with Gasteiger partial charge in [0.1, 0.15) is 5.60 Å². The SMILES string of the molecule is CC(C)(C)OC(=O)N1CCCOCC1c1cncc(I)c1. The minimum absolute atomic E-state index is 0.149. The van der Waals surface area contributed by atoms with Crippen LogP contribution in [0.5, 0.6) is 0 Å². The summed E-state index contributed by atoms with van der Waals surface area (Å²) in [7, 11) is 0. The molecule has 1 aromatic heterocycles. The smallest absolute Gasteiger partial charge is 0.410 e. The highest BCUT2D eigenvalue weighted by molar-refractivity contribution is 14.1. The zero-order chi connectivity index (χ0) is 15.5. The van der Waals surface area contributed by atoms with Crippen molar-refractivity contribution in [2.24, 2.45) is 0 Å². The molecule has 1 aliphatic rings. The van der Waals surface area contributed by atoms with Gasteiger partial charge in [0.2, 0.25) is 0 Å². The predicted molar refractivity (Wildman–Crippen MR) is 88.1 cm³/mol. The predicted octanol–water partition coefficient (Wildman–Crippen LogP) is 3.38. The van der Waals surface area contributed by atoms with Crippen LogP contribution in [-0.2, 0) is 9.47 Å². The Morgan fingerprint density at radius 3 is 2.90 bits per heavy atom. The number of rotatable bonds is 1. The number of amides is 1. The Bertz CT molecular complexity index is 502. The van der Waals surface area contributed by atoms with Crippen LogP contribution in [0.3, 0.4) is 0 Å². The van der Waals surface area contributed by atoms with E-state index in [1.54, 1.807) is 17.3 Å². The van der Waals surface area contributed by atoms with Gasteiger partial charge in [-0.15, -0.1) is 0 Å². The maximum atomic E-state index is 12.5. The van der Waals surface area contributed by atoms with Gasteiger partial charge in [-0.2, -0.15) is 0 Å². The monoisotopic (exact) mass is 404 g/mol. The van der Waals surface area contributed by atoms with Crippen molar-refractivity contribution in [1.29, 1.82) is 0 Å². The zero-order valence-electron chi connectivity index (χ0n) is 12.6. The van der Waals surface area contributed by atoms with E-state index in [0.717, 1.165) is 15.6 Å². The Balaban J connectivity index is 2.24. The first-order valence-corrected chi connectivity index (χ1v) is 8.12. The first kappa shape index (κ1) is 16.5. The number of nitrogens with zero attached hydrogens (tertiary/aromatic N) is 2. The van der Waals surface area contributed by atoms with Crippen LogP contribution in [0.1, 0.15) is 38.8 Å². The van der Waals surface area contributed by atoms with E-state index in [0.29, 0.717) is 19.8 Å². The van der Waals surface area contributed by atoms with Crippen LogP contribution in [0.25, 0.3) is 0 Å². The molecule has 6 heteroatoms. The Labute approximate surface area is 139 Å². The van der Waals surface area contributed by atoms with Crippen molar-refractivity contribution < 1.29 is 14.3 Å². The quantitative estimate of drug-likeness (QED) is 0.674. The van der Waals surface area contributed by atoms with Crippen LogP contribution in [0.15, 0.2) is 18.5 Å². The lowest BCUT2D eigenvalue weighted by Crippen LogP contribution is -2.40. The van der Waals surface area contributed by atoms with Crippen molar-refractivity contribution >= 4 is 28.7 Å². The van der Waals surface area contributed by atoms with Gasteiger partial charge in [-0.05, 0) is 61.4 Å². The van der Waals surface area contributed by atoms with Crippen molar-refractivity contribution in [3.05, 3.63) is 27.6 Å². The molecule has 0 saturated carbocycles. The van der Waals surface area contributed by atoms with Gasteiger partial charge in [0.25, 0.3) is 0 Å². The van der Waals surface area contributed by atoms with Crippen molar-refractivity contribution in [1.82, 2.24) is 9.88 Å². The molecule has 2 rings (SSSR count). The minimum atomic E-state index is -0.502. The Kier molecular flexibility index (Phi) is 5.43. The van der Waals surface area contributed by atoms with Crippen LogP contribution in [0.4, 0.5) is 4.79 Å². The second-order valence-electron chi connectivity index (χ2n) is 6.05. The zero-order valence-corrected chi connectivity index (χ0v) is 14.8. The fraction of sp³-hybridized carbons (Fsp3) is 0.600. The van der Waals surface area contributed by atoms with Gasteiger partial charge in [0.05, 0.1) is 12.6 Å². The number of hydrogen-bond acceptors (Lipinski definition) is 4. The number of carbonyl (C=O) groups excluding carboxylic acids is 1. The molecule has 0 radical (unpaired) electrons. The second kappa shape index (κ2) is 6.91. The first-order chi connectivity index (χ1) is 9.87. The number of halogens is 1. The molecule has 0 N–H and O–H groups in total. The van der Waals surface area contributed by atoms with Gasteiger partial charge in [-0.25, -0.2) is 4.79 Å². The Hall–Kier alpha value is -0.890. The Morgan fingerprint density at radius 1 is 1.48 bits per heavy atom. The van der Waals surface area contributed by atoms with E-state index in [4.69, 9.17) is 9.47 Å². The van der Waals surface area contributed by atoms with Gasteiger partial charge >= 0.3 is 6.09 Å². The van der Waals surface area contributed by atoms with Gasteiger partial charge in [0.15, 0.2) is 0 Å². The summed E-state index contributed by atoms with van der Waals surface area (Å²) in [6.45, 7) is 7.39. The van der Waals surface area contributed by atoms with E-state index < -0.39 is 5.60 Å². The summed E-state index contributed by atoms with van der Waals surface area (Å²) in [6, 6.07) is 1.88. The molecule has 1 amide bonds. The van der Waals surface area contributed by atoms with Gasteiger partial charge in [0, 0.05) is 29.1 Å². The molecule has 1 atom stereocenters. The second-order valence-corrected chi connectivity index (χ2v) is 7.30. The van der Waals surface area contributed by atoms with Crippen molar-refractivity contribution in [2.75, 3.05) is 19.8 Å². The van der Waals surface area contributed by atoms with Gasteiger partial charge in [-0.3, -0.25) is 9.88 Å². The van der Waals surface area contributed by atoms with Crippen LogP contribution in [0, 0.1) is 3.57 Å². The Morgan fingerprint density at radius 2 is 2.24 bits per heavy atom. The van der Waals surface area contributed by atoms with Crippen LogP contribution < -0.4 is 0 Å². The maximum absolute atomic E-state index is 12.5. The number of pyridine rings is 1. The fourth-order valence-corrected chi connectivity index (χ4v) is 2.72. The summed E-state index contributed by atoms with van der Waals surface area (Å²) in [4.78, 5) is 18.4. The van der Waals surface area contributed by atoms with E-state index in [9.17, 15) is 4.79 Å². The normalized spacial score (nSPS) is 20.0. The van der Waals surface area contributed by atoms with E-state index in [1.165, 1.54) is 0 Å². The minimum Gasteiger partial charge on any atom is -0.444 e. The summed E-state index contributed by atoms with van der Waals surface area (Å²) in [6.07, 6.45) is 4.10. The molecular formula is C15H21IN2O3. The molecule has 0 aliphatic carbocycles. The molecule has 0 bridgehead atoms. The highest BCUT2D eigenvalue weighted by atomic mass is 127. The molecular weight excluding hydrogens is 383 g/mol. The molecule has 1 aliphatic heterocycles. The van der Waals surface area contributed by atoms with E-state index >= 15 is 0 Å². The number of ether oxygens (including phenoxy) is 2. The molecule has 1 saturated heterocycles. The number of hydrogen-bond donors (Lipinski definition) is 0. The molecule has 1 aromatic rings. The average molecular weight is 404 g/mol. The number of aromatic nitrogens is 1. The standard InChI is InChI=1S/C15H21IN2O3/c1-15(2,3)21-14(19)18-5-4-6-20-10-13(18)11-7-12(16)9-17-8-11/h7-9,13H,4-6,10H2,1-3H3. The highest BCUT2D eigenvalue weighted by Crippen LogP contribution is 2.26. The summed E-state index contributed by atoms with van der Waals surface area (Å²) >= 11 is 2.22. The van der Waals surface area contributed by atoms with Crippen molar-refractivity contribution in [3.8, 4) is 0 Å². The van der Waals surface area contributed by atoms with Crippen LogP contribution >= 0.6 is 22.6 Å². The first-order valence-electron chi connectivity index (χ1n) is 7.04. The molecule has 1 fully saturated rings. The molecule has 1 unspecified atom stereocenters. The van der Waals surface area contributed by atoms with E-state index in [1.807, 2.05) is 26.8 Å². The van der Waals surface area contributed by atoms with Gasteiger partial charge < -0.3 is 9.47 Å². The topological polar surface area (TPSA) is 51.7 Å². The van der Waals surface area contributed by atoms with E-state index in [-0.39, 0.29) is 12.1 Å². The lowest BCUT2D eigenvalue weighted by atomic mass is 10.1. The summed E-state index contributed by atoms with van der Waals surface area (Å²) in [5.41, 5.74) is 0.479. The fourth-order valence-electron chi connectivity index (χ4n) is 2.20. The molecule has 0 aromatic carbocycles. The van der Waals surface area contributed by atoms with Crippen LogP contribution in [0.2, 0.25) is 0 Å². The molecule has 116 valence electrons. The van der Waals surface area contributed by atoms with E-state index in [2.05, 4.69) is 27.6 Å². The van der Waals surface area contributed by atoms with Crippen molar-refractivity contribution in [3.63, 3.8) is 0 Å². The third-order valence-corrected chi connectivity index (χ3v) is 3.67. The summed E-state index contributed by atoms with van der Waals surface area (Å²) < 4.78 is 12.2. The van der Waals surface area contributed by atoms with Crippen molar-refractivity contribution in [2.45, 2.75) is 38.8 Å². The molecule has 2 heterocycles. The van der Waals surface area contributed by atoms with Crippen LogP contribution in [-0.4, -0.2) is 41.3 Å². The molecule has 0 spiro atoms. The number of carbonyl (C=O) groups is 1. The molecule has 5 nitrogen and oxygen atoms in total. The average Bonchev–Trinajstić information content (AvgIpc) is 2.62. The summed E-state index contributed by atoms with van der Waals surface area (Å²) in [5.74, 6) is 0. The highest BCUT2D eigenvalue weighted by Gasteiger charge is 2.31. The summed E-state index contributed by atoms with van der Waals surface area (Å²) in [5, 5.41) is 0. The third-order valence-electron chi connectivity index (χ3n) is 3.08. The largest absolute Gasteiger partial charge is 0.444 e. The lowest BCUT2D eigenvalue weighted by molar-refractivity contribution is 0.0118. The third kappa shape index (κ3) is 4.81. The molecule has 21 heavy (non-hydrogen) atoms. The maximum Gasteiger partial charge on any atom is 0.410 e.